The minimum absolute atomic E-state index is 0.131. The van der Waals surface area contributed by atoms with Gasteiger partial charge in [-0.15, -0.1) is 0 Å². The normalized spacial score (nSPS) is 20.7. The Hall–Kier alpha value is -1.35. The second kappa shape index (κ2) is 7.44. The fourth-order valence-corrected chi connectivity index (χ4v) is 3.09. The Kier molecular flexibility index (Phi) is 5.60. The van der Waals surface area contributed by atoms with E-state index < -0.39 is 6.04 Å². The van der Waals surface area contributed by atoms with Crippen LogP contribution in [0.3, 0.4) is 0 Å². The predicted molar refractivity (Wildman–Crippen MR) is 82.4 cm³/mol. The molecule has 1 heterocycles. The van der Waals surface area contributed by atoms with Crippen LogP contribution in [0.1, 0.15) is 44.6 Å². The van der Waals surface area contributed by atoms with Gasteiger partial charge in [0.15, 0.2) is 0 Å². The maximum absolute atomic E-state index is 12.6. The monoisotopic (exact) mass is 274 g/mol. The molecule has 0 bridgehead atoms. The van der Waals surface area contributed by atoms with Crippen molar-refractivity contribution >= 4 is 5.91 Å². The molecule has 2 N–H and O–H groups in total. The van der Waals surface area contributed by atoms with Gasteiger partial charge in [0.1, 0.15) is 0 Å². The van der Waals surface area contributed by atoms with Gasteiger partial charge < -0.3 is 10.6 Å². The number of likely N-dealkylation sites (tertiary alicyclic amines) is 1. The van der Waals surface area contributed by atoms with E-state index in [1.165, 1.54) is 6.42 Å². The van der Waals surface area contributed by atoms with Crippen LogP contribution in [-0.2, 0) is 11.2 Å². The third-order valence-electron chi connectivity index (χ3n) is 4.15. The molecule has 110 valence electrons. The van der Waals surface area contributed by atoms with Crippen molar-refractivity contribution in [1.29, 1.82) is 0 Å². The summed E-state index contributed by atoms with van der Waals surface area (Å²) in [4.78, 5) is 14.6. The summed E-state index contributed by atoms with van der Waals surface area (Å²) in [5, 5.41) is 0. The summed E-state index contributed by atoms with van der Waals surface area (Å²) in [7, 11) is 0. The number of carbonyl (C=O) groups is 1. The first-order valence-electron chi connectivity index (χ1n) is 7.82. The van der Waals surface area contributed by atoms with Crippen molar-refractivity contribution in [1.82, 2.24) is 4.90 Å². The molecule has 0 spiro atoms. The van der Waals surface area contributed by atoms with Gasteiger partial charge in [-0.25, -0.2) is 0 Å². The van der Waals surface area contributed by atoms with Gasteiger partial charge in [0.25, 0.3) is 0 Å². The lowest BCUT2D eigenvalue weighted by Gasteiger charge is -2.37. The Balaban J connectivity index is 1.97. The molecular weight excluding hydrogens is 248 g/mol. The van der Waals surface area contributed by atoms with Crippen LogP contribution in [0.25, 0.3) is 0 Å². The lowest BCUT2D eigenvalue weighted by molar-refractivity contribution is -0.136. The van der Waals surface area contributed by atoms with E-state index in [9.17, 15) is 4.79 Å². The van der Waals surface area contributed by atoms with Crippen LogP contribution in [0.5, 0.6) is 0 Å². The number of piperidine rings is 1. The molecule has 1 amide bonds. The van der Waals surface area contributed by atoms with E-state index in [0.29, 0.717) is 12.5 Å². The molecule has 3 nitrogen and oxygen atoms in total. The van der Waals surface area contributed by atoms with E-state index in [-0.39, 0.29) is 5.91 Å². The highest BCUT2D eigenvalue weighted by molar-refractivity contribution is 5.82. The van der Waals surface area contributed by atoms with Gasteiger partial charge in [0, 0.05) is 12.6 Å². The molecule has 1 aliphatic heterocycles. The van der Waals surface area contributed by atoms with Crippen LogP contribution in [-0.4, -0.2) is 29.4 Å². The van der Waals surface area contributed by atoms with Crippen LogP contribution in [0.4, 0.5) is 0 Å². The molecule has 3 heteroatoms. The zero-order chi connectivity index (χ0) is 14.4. The smallest absolute Gasteiger partial charge is 0.240 e. The number of nitrogens with two attached hydrogens (primary N) is 1. The van der Waals surface area contributed by atoms with Crippen molar-refractivity contribution in [3.8, 4) is 0 Å². The summed E-state index contributed by atoms with van der Waals surface area (Å²) < 4.78 is 0. The van der Waals surface area contributed by atoms with Crippen molar-refractivity contribution in [2.24, 2.45) is 5.73 Å². The molecule has 1 fully saturated rings. The quantitative estimate of drug-likeness (QED) is 0.897. The number of hydrogen-bond acceptors (Lipinski definition) is 2. The third-order valence-corrected chi connectivity index (χ3v) is 4.15. The highest BCUT2D eigenvalue weighted by atomic mass is 16.2. The Morgan fingerprint density at radius 2 is 2.10 bits per heavy atom. The second-order valence-corrected chi connectivity index (χ2v) is 5.77. The lowest BCUT2D eigenvalue weighted by atomic mass is 9.96. The molecule has 0 aromatic heterocycles. The van der Waals surface area contributed by atoms with E-state index in [2.05, 4.69) is 6.92 Å². The van der Waals surface area contributed by atoms with Crippen molar-refractivity contribution in [2.75, 3.05) is 6.54 Å². The molecule has 1 aromatic rings. The Bertz CT molecular complexity index is 416. The molecule has 0 aliphatic carbocycles. The maximum Gasteiger partial charge on any atom is 0.240 e. The van der Waals surface area contributed by atoms with Crippen LogP contribution in [0.2, 0.25) is 0 Å². The van der Waals surface area contributed by atoms with E-state index in [4.69, 9.17) is 5.73 Å². The number of rotatable bonds is 5. The van der Waals surface area contributed by atoms with Crippen molar-refractivity contribution in [3.05, 3.63) is 35.9 Å². The summed E-state index contributed by atoms with van der Waals surface area (Å²) in [5.74, 6) is 0.131. The summed E-state index contributed by atoms with van der Waals surface area (Å²) in [5.41, 5.74) is 7.28. The zero-order valence-corrected chi connectivity index (χ0v) is 12.4. The highest BCUT2D eigenvalue weighted by Gasteiger charge is 2.29. The molecule has 2 atom stereocenters. The molecule has 0 saturated carbocycles. The first-order valence-corrected chi connectivity index (χ1v) is 7.82. The number of carbonyl (C=O) groups excluding carboxylic acids is 1. The molecule has 2 rings (SSSR count). The first kappa shape index (κ1) is 15.0. The third kappa shape index (κ3) is 3.83. The Labute approximate surface area is 122 Å². The number of hydrogen-bond donors (Lipinski definition) is 1. The Morgan fingerprint density at radius 3 is 2.80 bits per heavy atom. The summed E-state index contributed by atoms with van der Waals surface area (Å²) in [6.45, 7) is 3.06. The standard InChI is InChI=1S/C17H26N2O/c1-2-8-15-11-6-7-12-19(15)17(20)16(18)13-14-9-4-3-5-10-14/h3-5,9-10,15-16H,2,6-8,11-13,18H2,1H3. The summed E-state index contributed by atoms with van der Waals surface area (Å²) in [6.07, 6.45) is 6.35. The van der Waals surface area contributed by atoms with Crippen LogP contribution in [0.15, 0.2) is 30.3 Å². The summed E-state index contributed by atoms with van der Waals surface area (Å²) >= 11 is 0. The van der Waals surface area contributed by atoms with Gasteiger partial charge in [0.05, 0.1) is 6.04 Å². The molecule has 1 aromatic carbocycles. The minimum atomic E-state index is -0.408. The van der Waals surface area contributed by atoms with Gasteiger partial charge in [-0.2, -0.15) is 0 Å². The van der Waals surface area contributed by atoms with Crippen LogP contribution in [0, 0.1) is 0 Å². The molecule has 2 unspecified atom stereocenters. The minimum Gasteiger partial charge on any atom is -0.338 e. The van der Waals surface area contributed by atoms with E-state index in [1.807, 2.05) is 35.2 Å². The molecular formula is C17H26N2O. The second-order valence-electron chi connectivity index (χ2n) is 5.77. The molecule has 1 aliphatic rings. The fraction of sp³-hybridized carbons (Fsp3) is 0.588. The predicted octanol–water partition coefficient (Wildman–Crippen LogP) is 2.74. The fourth-order valence-electron chi connectivity index (χ4n) is 3.09. The SMILES string of the molecule is CCCC1CCCCN1C(=O)C(N)Cc1ccccc1. The largest absolute Gasteiger partial charge is 0.338 e. The van der Waals surface area contributed by atoms with E-state index in [0.717, 1.165) is 37.8 Å². The van der Waals surface area contributed by atoms with Crippen molar-refractivity contribution in [3.63, 3.8) is 0 Å². The molecule has 0 radical (unpaired) electrons. The lowest BCUT2D eigenvalue weighted by Crippen LogP contribution is -2.51. The van der Waals surface area contributed by atoms with Gasteiger partial charge in [-0.3, -0.25) is 4.79 Å². The summed E-state index contributed by atoms with van der Waals surface area (Å²) in [6, 6.07) is 10.0. The van der Waals surface area contributed by atoms with Crippen molar-refractivity contribution < 1.29 is 4.79 Å². The van der Waals surface area contributed by atoms with Gasteiger partial charge in [0.2, 0.25) is 5.91 Å². The first-order chi connectivity index (χ1) is 9.72. The number of benzene rings is 1. The number of amides is 1. The van der Waals surface area contributed by atoms with Crippen molar-refractivity contribution in [2.45, 2.75) is 57.5 Å². The van der Waals surface area contributed by atoms with Crippen LogP contribution >= 0.6 is 0 Å². The van der Waals surface area contributed by atoms with E-state index in [1.54, 1.807) is 0 Å². The highest BCUT2D eigenvalue weighted by Crippen LogP contribution is 2.21. The molecule has 20 heavy (non-hydrogen) atoms. The zero-order valence-electron chi connectivity index (χ0n) is 12.4. The number of nitrogens with zero attached hydrogens (tertiary/aromatic N) is 1. The average Bonchev–Trinajstić information content (AvgIpc) is 2.48. The maximum atomic E-state index is 12.6. The average molecular weight is 274 g/mol. The van der Waals surface area contributed by atoms with Gasteiger partial charge >= 0.3 is 0 Å². The Morgan fingerprint density at radius 1 is 1.35 bits per heavy atom. The topological polar surface area (TPSA) is 46.3 Å². The van der Waals surface area contributed by atoms with E-state index >= 15 is 0 Å². The molecule has 1 saturated heterocycles. The van der Waals surface area contributed by atoms with Gasteiger partial charge in [-0.1, -0.05) is 43.7 Å². The van der Waals surface area contributed by atoms with Gasteiger partial charge in [-0.05, 0) is 37.7 Å². The van der Waals surface area contributed by atoms with Crippen LogP contribution < -0.4 is 5.73 Å².